The Labute approximate surface area is 116 Å². The lowest BCUT2D eigenvalue weighted by atomic mass is 10.00. The highest BCUT2D eigenvalue weighted by molar-refractivity contribution is 14.1. The van der Waals surface area contributed by atoms with Gasteiger partial charge in [0, 0.05) is 19.2 Å². The lowest BCUT2D eigenvalue weighted by Gasteiger charge is -2.13. The minimum atomic E-state index is 0.0744. The Morgan fingerprint density at radius 1 is 1.44 bits per heavy atom. The number of Topliss-reactive ketones (excluding diaryl/α,β-unsaturated/α-hetero) is 1. The van der Waals surface area contributed by atoms with Crippen molar-refractivity contribution in [2.75, 3.05) is 6.61 Å². The molecule has 84 valence electrons. The summed E-state index contributed by atoms with van der Waals surface area (Å²) in [6.07, 6.45) is 3.33. The third kappa shape index (κ3) is 2.66. The SMILES string of the molecule is O=C(C1=COCCC1)c1cc(Br)ccc1I. The number of halogens is 2. The molecule has 1 aromatic rings. The van der Waals surface area contributed by atoms with Crippen molar-refractivity contribution in [3.05, 3.63) is 43.6 Å². The van der Waals surface area contributed by atoms with Crippen LogP contribution in [0.15, 0.2) is 34.5 Å². The van der Waals surface area contributed by atoms with Crippen LogP contribution in [0.25, 0.3) is 0 Å². The highest BCUT2D eigenvalue weighted by Gasteiger charge is 2.17. The van der Waals surface area contributed by atoms with Gasteiger partial charge in [-0.3, -0.25) is 4.79 Å². The fourth-order valence-electron chi connectivity index (χ4n) is 1.58. The standard InChI is InChI=1S/C12H10BrIO2/c13-9-3-4-11(14)10(6-9)12(15)8-2-1-5-16-7-8/h3-4,6-7H,1-2,5H2. The second-order valence-corrected chi connectivity index (χ2v) is 5.65. The minimum Gasteiger partial charge on any atom is -0.501 e. The maximum atomic E-state index is 12.2. The van der Waals surface area contributed by atoms with E-state index in [1.807, 2.05) is 18.2 Å². The van der Waals surface area contributed by atoms with E-state index in [-0.39, 0.29) is 5.78 Å². The van der Waals surface area contributed by atoms with E-state index in [1.165, 1.54) is 0 Å². The van der Waals surface area contributed by atoms with E-state index in [2.05, 4.69) is 38.5 Å². The minimum absolute atomic E-state index is 0.0744. The lowest BCUT2D eigenvalue weighted by Crippen LogP contribution is -2.10. The van der Waals surface area contributed by atoms with Gasteiger partial charge in [-0.2, -0.15) is 0 Å². The van der Waals surface area contributed by atoms with E-state index >= 15 is 0 Å². The largest absolute Gasteiger partial charge is 0.501 e. The van der Waals surface area contributed by atoms with E-state index < -0.39 is 0 Å². The first kappa shape index (κ1) is 12.1. The molecule has 0 aliphatic carbocycles. The van der Waals surface area contributed by atoms with Crippen LogP contribution in [0, 0.1) is 3.57 Å². The smallest absolute Gasteiger partial charge is 0.193 e. The van der Waals surface area contributed by atoms with E-state index in [0.29, 0.717) is 6.61 Å². The van der Waals surface area contributed by atoms with Crippen LogP contribution in [0.4, 0.5) is 0 Å². The summed E-state index contributed by atoms with van der Waals surface area (Å²) in [7, 11) is 0. The maximum absolute atomic E-state index is 12.2. The van der Waals surface area contributed by atoms with Crippen molar-refractivity contribution in [2.45, 2.75) is 12.8 Å². The zero-order valence-corrected chi connectivity index (χ0v) is 12.2. The predicted octanol–water partition coefficient (Wildman–Crippen LogP) is 3.93. The van der Waals surface area contributed by atoms with Gasteiger partial charge in [0.15, 0.2) is 5.78 Å². The molecule has 0 radical (unpaired) electrons. The van der Waals surface area contributed by atoms with Crippen LogP contribution in [0.3, 0.4) is 0 Å². The molecule has 0 amide bonds. The normalized spacial score (nSPS) is 15.2. The summed E-state index contributed by atoms with van der Waals surface area (Å²) < 4.78 is 7.09. The van der Waals surface area contributed by atoms with Crippen molar-refractivity contribution in [1.82, 2.24) is 0 Å². The average Bonchev–Trinajstić information content (AvgIpc) is 2.32. The van der Waals surface area contributed by atoms with Crippen molar-refractivity contribution in [1.29, 1.82) is 0 Å². The van der Waals surface area contributed by atoms with Gasteiger partial charge in [0.1, 0.15) is 0 Å². The number of allylic oxidation sites excluding steroid dienone is 1. The number of ketones is 1. The first-order chi connectivity index (χ1) is 7.68. The van der Waals surface area contributed by atoms with Crippen molar-refractivity contribution < 1.29 is 9.53 Å². The van der Waals surface area contributed by atoms with Gasteiger partial charge >= 0.3 is 0 Å². The third-order valence-corrected chi connectivity index (χ3v) is 3.83. The van der Waals surface area contributed by atoms with Gasteiger partial charge in [-0.1, -0.05) is 15.9 Å². The van der Waals surface area contributed by atoms with Crippen molar-refractivity contribution in [3.63, 3.8) is 0 Å². The van der Waals surface area contributed by atoms with Crippen LogP contribution in [0.2, 0.25) is 0 Å². The molecule has 0 atom stereocenters. The van der Waals surface area contributed by atoms with Gasteiger partial charge in [-0.25, -0.2) is 0 Å². The summed E-state index contributed by atoms with van der Waals surface area (Å²) in [6.45, 7) is 0.715. The molecular formula is C12H10BrIO2. The zero-order chi connectivity index (χ0) is 11.5. The van der Waals surface area contributed by atoms with Crippen molar-refractivity contribution >= 4 is 44.3 Å². The van der Waals surface area contributed by atoms with E-state index in [4.69, 9.17) is 4.74 Å². The van der Waals surface area contributed by atoms with Gasteiger partial charge in [0.2, 0.25) is 0 Å². The molecule has 0 bridgehead atoms. The number of benzene rings is 1. The van der Waals surface area contributed by atoms with Gasteiger partial charge in [0.05, 0.1) is 12.9 Å². The monoisotopic (exact) mass is 392 g/mol. The Hall–Kier alpha value is -0.360. The molecule has 0 unspecified atom stereocenters. The average molecular weight is 393 g/mol. The summed E-state index contributed by atoms with van der Waals surface area (Å²) in [5.74, 6) is 0.0744. The fourth-order valence-corrected chi connectivity index (χ4v) is 2.52. The molecule has 2 rings (SSSR count). The van der Waals surface area contributed by atoms with E-state index in [1.54, 1.807) is 6.26 Å². The van der Waals surface area contributed by atoms with Crippen LogP contribution >= 0.6 is 38.5 Å². The number of carbonyl (C=O) groups excluding carboxylic acids is 1. The molecule has 1 heterocycles. The summed E-state index contributed by atoms with van der Waals surface area (Å²) in [5, 5.41) is 0. The number of hydrogen-bond acceptors (Lipinski definition) is 2. The Bertz CT molecular complexity index is 454. The number of hydrogen-bond donors (Lipinski definition) is 0. The molecule has 1 aliphatic heterocycles. The molecule has 0 spiro atoms. The molecule has 0 fully saturated rings. The van der Waals surface area contributed by atoms with Crippen LogP contribution in [0.5, 0.6) is 0 Å². The van der Waals surface area contributed by atoms with Crippen LogP contribution < -0.4 is 0 Å². The summed E-state index contributed by atoms with van der Waals surface area (Å²) in [5.41, 5.74) is 1.51. The second-order valence-electron chi connectivity index (χ2n) is 3.57. The molecule has 16 heavy (non-hydrogen) atoms. The highest BCUT2D eigenvalue weighted by atomic mass is 127. The van der Waals surface area contributed by atoms with E-state index in [9.17, 15) is 4.79 Å². The highest BCUT2D eigenvalue weighted by Crippen LogP contribution is 2.24. The molecule has 1 aromatic carbocycles. The quantitative estimate of drug-likeness (QED) is 0.563. The molecule has 0 aromatic heterocycles. The molecule has 0 N–H and O–H groups in total. The first-order valence-electron chi connectivity index (χ1n) is 4.99. The van der Waals surface area contributed by atoms with Gasteiger partial charge in [-0.15, -0.1) is 0 Å². The first-order valence-corrected chi connectivity index (χ1v) is 6.86. The predicted molar refractivity (Wildman–Crippen MR) is 74.5 cm³/mol. The van der Waals surface area contributed by atoms with Crippen molar-refractivity contribution in [3.8, 4) is 0 Å². The van der Waals surface area contributed by atoms with Crippen molar-refractivity contribution in [2.24, 2.45) is 0 Å². The van der Waals surface area contributed by atoms with Crippen LogP contribution in [-0.4, -0.2) is 12.4 Å². The zero-order valence-electron chi connectivity index (χ0n) is 8.50. The molecule has 4 heteroatoms. The number of ether oxygens (including phenoxy) is 1. The third-order valence-electron chi connectivity index (χ3n) is 2.40. The molecule has 0 saturated carbocycles. The lowest BCUT2D eigenvalue weighted by molar-refractivity contribution is 0.101. The fraction of sp³-hybridized carbons (Fsp3) is 0.250. The van der Waals surface area contributed by atoms with Gasteiger partial charge < -0.3 is 4.74 Å². The summed E-state index contributed by atoms with van der Waals surface area (Å²) in [4.78, 5) is 12.2. The Balaban J connectivity index is 2.33. The molecule has 0 saturated heterocycles. The summed E-state index contributed by atoms with van der Waals surface area (Å²) >= 11 is 5.56. The van der Waals surface area contributed by atoms with Gasteiger partial charge in [0.25, 0.3) is 0 Å². The Kier molecular flexibility index (Phi) is 4.02. The second kappa shape index (κ2) is 5.31. The van der Waals surface area contributed by atoms with Gasteiger partial charge in [-0.05, 0) is 53.6 Å². The Morgan fingerprint density at radius 3 is 2.94 bits per heavy atom. The van der Waals surface area contributed by atoms with Crippen LogP contribution in [0.1, 0.15) is 23.2 Å². The topological polar surface area (TPSA) is 26.3 Å². The molecule has 1 aliphatic rings. The number of rotatable bonds is 2. The van der Waals surface area contributed by atoms with E-state index in [0.717, 1.165) is 32.0 Å². The Morgan fingerprint density at radius 2 is 2.25 bits per heavy atom. The molecule has 2 nitrogen and oxygen atoms in total. The van der Waals surface area contributed by atoms with Crippen LogP contribution in [-0.2, 0) is 4.74 Å². The maximum Gasteiger partial charge on any atom is 0.193 e. The number of carbonyl (C=O) groups is 1. The summed E-state index contributed by atoms with van der Waals surface area (Å²) in [6, 6.07) is 5.73. The molecular weight excluding hydrogens is 383 g/mol.